The fourth-order valence-corrected chi connectivity index (χ4v) is 7.41. The molecule has 1 aromatic rings. The number of H-pyrrole nitrogens is 1. The van der Waals surface area contributed by atoms with Crippen molar-refractivity contribution in [2.75, 3.05) is 20.3 Å². The van der Waals surface area contributed by atoms with Gasteiger partial charge in [0.05, 0.1) is 13.7 Å². The molecule has 0 amide bonds. The third-order valence-electron chi connectivity index (χ3n) is 7.34. The minimum absolute atomic E-state index is 0.679. The van der Waals surface area contributed by atoms with Gasteiger partial charge in [0.15, 0.2) is 18.4 Å². The standard InChI is InChI=1S/C27H40N4O22P2/c1-11(24(39)45-6)48-22-21(49-15(5)35)17(9-46-14(4)34)51-25(27(22,29-12(2)32)30-13(3)33)52-55(43,44)53-54(41,42)47-10-16-19(37)20(38)23(50-16)31-8-7-18(36)28-26(31)40/h7-8,11,16-17,19-23,25,37-38H,9-10H2,1-6H3,(H,29,32)(H,30,33)(H,41,42)(H,43,44)(H,28,36,40)/p-2/t11-,16-,17-,19-,20-,21-,22+,23-,25-/m1/s1. The molecule has 310 valence electrons. The summed E-state index contributed by atoms with van der Waals surface area (Å²) in [4.78, 5) is 90.4. The molecule has 28 heteroatoms. The van der Waals surface area contributed by atoms with Crippen molar-refractivity contribution in [2.24, 2.45) is 9.98 Å². The Morgan fingerprint density at radius 2 is 1.60 bits per heavy atom. The number of methoxy groups -OCH3 is 1. The molecule has 0 saturated carbocycles. The number of aliphatic imine (C=N–C) groups is 2. The number of carbonyl (C=O) groups is 3. The monoisotopic (exact) mass is 832 g/mol. The Hall–Kier alpha value is -3.91. The molecule has 2 saturated heterocycles. The largest absolute Gasteiger partial charge is 0.862 e. The van der Waals surface area contributed by atoms with Crippen LogP contribution in [-0.4, -0.2) is 134 Å². The maximum Gasteiger partial charge on any atom is 0.483 e. The first-order valence-electron chi connectivity index (χ1n) is 15.6. The number of hydrogen-bond acceptors (Lipinski definition) is 22. The lowest BCUT2D eigenvalue weighted by Crippen LogP contribution is -2.68. The van der Waals surface area contributed by atoms with E-state index >= 15 is 0 Å². The van der Waals surface area contributed by atoms with Crippen molar-refractivity contribution >= 4 is 45.3 Å². The maximum absolute atomic E-state index is 13.4. The van der Waals surface area contributed by atoms with Gasteiger partial charge >= 0.3 is 39.2 Å². The van der Waals surface area contributed by atoms with E-state index in [9.17, 15) is 63.3 Å². The number of carbonyl (C=O) groups excluding carboxylic acids is 3. The molecule has 5 N–H and O–H groups in total. The number of nitrogens with zero attached hydrogens (tertiary/aromatic N) is 3. The summed E-state index contributed by atoms with van der Waals surface area (Å²) in [7, 11) is -11.0. The lowest BCUT2D eigenvalue weighted by molar-refractivity contribution is -0.292. The van der Waals surface area contributed by atoms with Crippen LogP contribution < -0.4 is 21.5 Å². The molecule has 2 fully saturated rings. The van der Waals surface area contributed by atoms with E-state index in [1.165, 1.54) is 0 Å². The number of rotatable bonds is 16. The van der Waals surface area contributed by atoms with Gasteiger partial charge in [-0.15, -0.1) is 0 Å². The Morgan fingerprint density at radius 1 is 0.982 bits per heavy atom. The Balaban J connectivity index is 2.01. The summed E-state index contributed by atoms with van der Waals surface area (Å²) in [5, 5.41) is 46.0. The van der Waals surface area contributed by atoms with Crippen molar-refractivity contribution in [2.45, 2.75) is 95.5 Å². The number of aromatic nitrogens is 2. The van der Waals surface area contributed by atoms with Crippen LogP contribution >= 0.6 is 15.6 Å². The summed E-state index contributed by atoms with van der Waals surface area (Å²) in [5.41, 5.74) is -4.91. The number of aromatic amines is 1. The Kier molecular flexibility index (Phi) is 15.2. The van der Waals surface area contributed by atoms with Crippen molar-refractivity contribution in [3.63, 3.8) is 0 Å². The Bertz CT molecular complexity index is 1820. The molecular formula is C27H38N4O22P2-2. The van der Waals surface area contributed by atoms with Gasteiger partial charge in [-0.05, 0) is 32.6 Å². The van der Waals surface area contributed by atoms with Crippen LogP contribution in [0.4, 0.5) is 0 Å². The van der Waals surface area contributed by atoms with Crippen molar-refractivity contribution in [1.29, 1.82) is 0 Å². The first kappa shape index (κ1) is 45.5. The minimum atomic E-state index is -6.11. The molecule has 1 aromatic heterocycles. The second-order valence-electron chi connectivity index (χ2n) is 11.6. The molecule has 0 aromatic carbocycles. The topological polar surface area (TPSA) is 375 Å². The van der Waals surface area contributed by atoms with Crippen LogP contribution in [0, 0.1) is 0 Å². The summed E-state index contributed by atoms with van der Waals surface area (Å²) in [6, 6.07) is 0.892. The van der Waals surface area contributed by atoms with Gasteiger partial charge in [-0.25, -0.2) is 18.7 Å². The lowest BCUT2D eigenvalue weighted by Gasteiger charge is -2.50. The number of hydrogen-bond donors (Lipinski definition) is 5. The van der Waals surface area contributed by atoms with Crippen molar-refractivity contribution in [3.05, 3.63) is 33.1 Å². The van der Waals surface area contributed by atoms with E-state index in [1.807, 2.05) is 4.98 Å². The van der Waals surface area contributed by atoms with Crippen LogP contribution in [-0.2, 0) is 65.3 Å². The summed E-state index contributed by atoms with van der Waals surface area (Å²) in [6.45, 7) is 2.53. The number of phosphoric ester groups is 2. The zero-order chi connectivity index (χ0) is 41.6. The van der Waals surface area contributed by atoms with Gasteiger partial charge in [-0.2, -0.15) is 4.31 Å². The summed E-state index contributed by atoms with van der Waals surface area (Å²) in [6.07, 6.45) is -16.5. The van der Waals surface area contributed by atoms with E-state index in [-0.39, 0.29) is 0 Å². The second-order valence-corrected chi connectivity index (χ2v) is 14.6. The van der Waals surface area contributed by atoms with Gasteiger partial charge in [-0.1, -0.05) is 0 Å². The van der Waals surface area contributed by atoms with E-state index < -0.39 is 131 Å². The van der Waals surface area contributed by atoms with E-state index in [1.54, 1.807) is 0 Å². The molecule has 0 bridgehead atoms. The molecule has 2 aliphatic rings. The zero-order valence-electron chi connectivity index (χ0n) is 29.6. The molecule has 3 heterocycles. The fraction of sp³-hybridized carbons (Fsp3) is 0.667. The van der Waals surface area contributed by atoms with Gasteiger partial charge in [0.1, 0.15) is 37.1 Å². The predicted octanol–water partition coefficient (Wildman–Crippen LogP) is -4.17. The maximum atomic E-state index is 13.4. The molecule has 3 rings (SSSR count). The lowest BCUT2D eigenvalue weighted by atomic mass is 9.90. The highest BCUT2D eigenvalue weighted by Gasteiger charge is 2.62. The van der Waals surface area contributed by atoms with Crippen LogP contribution in [0.3, 0.4) is 0 Å². The number of ether oxygens (including phenoxy) is 6. The zero-order valence-corrected chi connectivity index (χ0v) is 31.4. The molecule has 0 spiro atoms. The molecule has 2 unspecified atom stereocenters. The first-order chi connectivity index (χ1) is 25.4. The number of aliphatic hydroxyl groups is 2. The average Bonchev–Trinajstić information content (AvgIpc) is 3.32. The summed E-state index contributed by atoms with van der Waals surface area (Å²) >= 11 is 0. The van der Waals surface area contributed by atoms with Crippen molar-refractivity contribution in [1.82, 2.24) is 9.55 Å². The quantitative estimate of drug-likeness (QED) is 0.0347. The first-order valence-corrected chi connectivity index (χ1v) is 18.6. The molecule has 26 nitrogen and oxygen atoms in total. The molecular weight excluding hydrogens is 794 g/mol. The Morgan fingerprint density at radius 3 is 2.13 bits per heavy atom. The van der Waals surface area contributed by atoms with E-state index in [2.05, 4.69) is 23.6 Å². The summed E-state index contributed by atoms with van der Waals surface area (Å²) in [5.74, 6) is -5.50. The SMILES string of the molecule is COC(=O)[C@@H](C)O[C@H]1[C@H](OC(C)=O)[C@@H](COC(C)=O)O[C@H](OP(=O)(O)OP(=O)(O)OC[C@H]2O[C@@H](n3ccc(=O)[nH]c3=O)[C@H](O)[C@@H]2O)C1(N=C(C)[O-])N=C(C)[O-]. The highest BCUT2D eigenvalue weighted by atomic mass is 31.3. The third kappa shape index (κ3) is 11.8. The molecule has 0 radical (unpaired) electrons. The number of esters is 3. The number of nitrogens with one attached hydrogen (secondary N) is 1. The van der Waals surface area contributed by atoms with Crippen molar-refractivity contribution in [3.8, 4) is 0 Å². The van der Waals surface area contributed by atoms with Crippen LogP contribution in [0.25, 0.3) is 0 Å². The number of phosphoric acid groups is 2. The normalized spacial score (nSPS) is 31.5. The van der Waals surface area contributed by atoms with Gasteiger partial charge in [-0.3, -0.25) is 43.0 Å². The fourth-order valence-electron chi connectivity index (χ4n) is 5.24. The van der Waals surface area contributed by atoms with Crippen LogP contribution in [0.2, 0.25) is 0 Å². The highest BCUT2D eigenvalue weighted by Crippen LogP contribution is 2.62. The van der Waals surface area contributed by atoms with E-state index in [4.69, 9.17) is 28.2 Å². The third-order valence-corrected chi connectivity index (χ3v) is 9.92. The molecule has 11 atom stereocenters. The second kappa shape index (κ2) is 18.4. The van der Waals surface area contributed by atoms with E-state index in [0.717, 1.165) is 54.0 Å². The predicted molar refractivity (Wildman–Crippen MR) is 171 cm³/mol. The van der Waals surface area contributed by atoms with Gasteiger partial charge in [0.2, 0.25) is 12.0 Å². The van der Waals surface area contributed by atoms with Crippen LogP contribution in [0.15, 0.2) is 31.8 Å². The Labute approximate surface area is 309 Å². The number of aliphatic hydroxyl groups excluding tert-OH is 2. The average molecular weight is 833 g/mol. The van der Waals surface area contributed by atoms with E-state index in [0.29, 0.717) is 4.57 Å². The molecule has 2 aliphatic heterocycles. The highest BCUT2D eigenvalue weighted by molar-refractivity contribution is 7.61. The van der Waals surface area contributed by atoms with Gasteiger partial charge in [0, 0.05) is 26.1 Å². The molecule has 55 heavy (non-hydrogen) atoms. The van der Waals surface area contributed by atoms with Crippen molar-refractivity contribution < 1.29 is 95.5 Å². The van der Waals surface area contributed by atoms with Crippen LogP contribution in [0.5, 0.6) is 0 Å². The smallest absolute Gasteiger partial charge is 0.483 e. The summed E-state index contributed by atoms with van der Waals surface area (Å²) < 4.78 is 72.6. The minimum Gasteiger partial charge on any atom is -0.862 e. The van der Waals surface area contributed by atoms with Crippen LogP contribution in [0.1, 0.15) is 40.8 Å². The molecule has 0 aliphatic carbocycles. The van der Waals surface area contributed by atoms with Gasteiger partial charge < -0.3 is 58.6 Å². The van der Waals surface area contributed by atoms with Gasteiger partial charge in [0.25, 0.3) is 5.56 Å².